The SMILES string of the molecule is c1ccc(Oc2ncccc2C2CCCCN2)cc1. The monoisotopic (exact) mass is 254 g/mol. The first-order valence-corrected chi connectivity index (χ1v) is 6.85. The third-order valence-electron chi connectivity index (χ3n) is 3.44. The van der Waals surface area contributed by atoms with E-state index in [4.69, 9.17) is 4.74 Å². The number of piperidine rings is 1. The summed E-state index contributed by atoms with van der Waals surface area (Å²) in [5.74, 6) is 1.55. The molecule has 19 heavy (non-hydrogen) atoms. The highest BCUT2D eigenvalue weighted by Crippen LogP contribution is 2.31. The van der Waals surface area contributed by atoms with Crippen molar-refractivity contribution in [3.8, 4) is 11.6 Å². The molecule has 1 atom stereocenters. The molecule has 1 aromatic carbocycles. The van der Waals surface area contributed by atoms with Crippen molar-refractivity contribution in [2.24, 2.45) is 0 Å². The zero-order valence-electron chi connectivity index (χ0n) is 10.9. The van der Waals surface area contributed by atoms with Crippen LogP contribution >= 0.6 is 0 Å². The third kappa shape index (κ3) is 2.93. The molecule has 0 amide bonds. The summed E-state index contributed by atoms with van der Waals surface area (Å²) in [5, 5.41) is 3.54. The molecular weight excluding hydrogens is 236 g/mol. The Bertz CT molecular complexity index is 521. The van der Waals surface area contributed by atoms with Gasteiger partial charge in [-0.1, -0.05) is 30.7 Å². The number of pyridine rings is 1. The topological polar surface area (TPSA) is 34.1 Å². The van der Waals surface area contributed by atoms with Crippen molar-refractivity contribution in [2.75, 3.05) is 6.54 Å². The molecule has 1 N–H and O–H groups in total. The zero-order valence-corrected chi connectivity index (χ0v) is 10.9. The Labute approximate surface area is 113 Å². The van der Waals surface area contributed by atoms with Gasteiger partial charge in [-0.05, 0) is 37.6 Å². The molecule has 3 heteroatoms. The van der Waals surface area contributed by atoms with Gasteiger partial charge in [-0.3, -0.25) is 0 Å². The molecular formula is C16H18N2O. The summed E-state index contributed by atoms with van der Waals surface area (Å²) in [4.78, 5) is 4.39. The number of nitrogens with one attached hydrogen (secondary N) is 1. The van der Waals surface area contributed by atoms with Gasteiger partial charge in [0.2, 0.25) is 5.88 Å². The van der Waals surface area contributed by atoms with Gasteiger partial charge in [-0.15, -0.1) is 0 Å². The van der Waals surface area contributed by atoms with Crippen LogP contribution in [0.2, 0.25) is 0 Å². The van der Waals surface area contributed by atoms with E-state index in [0.29, 0.717) is 11.9 Å². The molecule has 3 rings (SSSR count). The Morgan fingerprint density at radius 3 is 2.74 bits per heavy atom. The van der Waals surface area contributed by atoms with Gasteiger partial charge in [0.1, 0.15) is 5.75 Å². The van der Waals surface area contributed by atoms with Crippen LogP contribution < -0.4 is 10.1 Å². The van der Waals surface area contributed by atoms with Gasteiger partial charge in [0.15, 0.2) is 0 Å². The minimum atomic E-state index is 0.362. The number of para-hydroxylation sites is 1. The summed E-state index contributed by atoms with van der Waals surface area (Å²) >= 11 is 0. The minimum Gasteiger partial charge on any atom is -0.439 e. The Hall–Kier alpha value is -1.87. The minimum absolute atomic E-state index is 0.362. The molecule has 2 aromatic rings. The van der Waals surface area contributed by atoms with E-state index in [9.17, 15) is 0 Å². The molecule has 0 radical (unpaired) electrons. The van der Waals surface area contributed by atoms with Gasteiger partial charge in [0.05, 0.1) is 0 Å². The molecule has 0 saturated carbocycles. The average Bonchev–Trinajstić information content (AvgIpc) is 2.50. The van der Waals surface area contributed by atoms with Crippen LogP contribution in [-0.4, -0.2) is 11.5 Å². The van der Waals surface area contributed by atoms with Crippen molar-refractivity contribution in [2.45, 2.75) is 25.3 Å². The Kier molecular flexibility index (Phi) is 3.75. The largest absolute Gasteiger partial charge is 0.439 e. The van der Waals surface area contributed by atoms with Crippen LogP contribution in [0.25, 0.3) is 0 Å². The molecule has 98 valence electrons. The summed E-state index contributed by atoms with van der Waals surface area (Å²) in [5.41, 5.74) is 1.16. The van der Waals surface area contributed by atoms with Crippen LogP contribution in [0.3, 0.4) is 0 Å². The lowest BCUT2D eigenvalue weighted by Crippen LogP contribution is -2.27. The predicted molar refractivity (Wildman–Crippen MR) is 75.3 cm³/mol. The molecule has 1 aliphatic heterocycles. The number of benzene rings is 1. The molecule has 0 aliphatic carbocycles. The Morgan fingerprint density at radius 2 is 1.95 bits per heavy atom. The molecule has 1 unspecified atom stereocenters. The maximum absolute atomic E-state index is 5.91. The summed E-state index contributed by atoms with van der Waals surface area (Å²) in [6, 6.07) is 14.3. The number of rotatable bonds is 3. The van der Waals surface area contributed by atoms with Crippen LogP contribution in [0, 0.1) is 0 Å². The number of hydrogen-bond donors (Lipinski definition) is 1. The van der Waals surface area contributed by atoms with Gasteiger partial charge in [-0.2, -0.15) is 0 Å². The molecule has 1 fully saturated rings. The molecule has 1 aliphatic rings. The van der Waals surface area contributed by atoms with E-state index in [1.165, 1.54) is 12.8 Å². The van der Waals surface area contributed by atoms with Crippen LogP contribution in [0.15, 0.2) is 48.7 Å². The van der Waals surface area contributed by atoms with Gasteiger partial charge < -0.3 is 10.1 Å². The predicted octanol–water partition coefficient (Wildman–Crippen LogP) is 3.69. The van der Waals surface area contributed by atoms with E-state index in [2.05, 4.69) is 16.4 Å². The molecule has 2 heterocycles. The number of nitrogens with zero attached hydrogens (tertiary/aromatic N) is 1. The second-order valence-electron chi connectivity index (χ2n) is 4.82. The van der Waals surface area contributed by atoms with E-state index >= 15 is 0 Å². The second-order valence-corrected chi connectivity index (χ2v) is 4.82. The van der Waals surface area contributed by atoms with Crippen molar-refractivity contribution in [3.05, 3.63) is 54.2 Å². The van der Waals surface area contributed by atoms with Crippen LogP contribution in [0.4, 0.5) is 0 Å². The maximum Gasteiger partial charge on any atom is 0.223 e. The molecule has 1 aromatic heterocycles. The summed E-state index contributed by atoms with van der Waals surface area (Å²) in [7, 11) is 0. The lowest BCUT2D eigenvalue weighted by molar-refractivity contribution is 0.388. The lowest BCUT2D eigenvalue weighted by atomic mass is 9.98. The summed E-state index contributed by atoms with van der Waals surface area (Å²) in [6.07, 6.45) is 5.45. The van der Waals surface area contributed by atoms with E-state index < -0.39 is 0 Å². The highest BCUT2D eigenvalue weighted by Gasteiger charge is 2.19. The van der Waals surface area contributed by atoms with Gasteiger partial charge in [0, 0.05) is 17.8 Å². The third-order valence-corrected chi connectivity index (χ3v) is 3.44. The fourth-order valence-corrected chi connectivity index (χ4v) is 2.47. The normalized spacial score (nSPS) is 19.1. The van der Waals surface area contributed by atoms with Gasteiger partial charge in [0.25, 0.3) is 0 Å². The highest BCUT2D eigenvalue weighted by molar-refractivity contribution is 5.34. The van der Waals surface area contributed by atoms with Crippen molar-refractivity contribution in [1.29, 1.82) is 0 Å². The van der Waals surface area contributed by atoms with Crippen LogP contribution in [0.5, 0.6) is 11.6 Å². The van der Waals surface area contributed by atoms with Crippen molar-refractivity contribution in [1.82, 2.24) is 10.3 Å². The maximum atomic E-state index is 5.91. The molecule has 0 spiro atoms. The molecule has 3 nitrogen and oxygen atoms in total. The van der Waals surface area contributed by atoms with Gasteiger partial charge in [-0.25, -0.2) is 4.98 Å². The highest BCUT2D eigenvalue weighted by atomic mass is 16.5. The Morgan fingerprint density at radius 1 is 1.05 bits per heavy atom. The molecule has 1 saturated heterocycles. The number of aromatic nitrogens is 1. The van der Waals surface area contributed by atoms with Crippen LogP contribution in [-0.2, 0) is 0 Å². The van der Waals surface area contributed by atoms with E-state index in [1.807, 2.05) is 36.4 Å². The van der Waals surface area contributed by atoms with Crippen LogP contribution in [0.1, 0.15) is 30.9 Å². The zero-order chi connectivity index (χ0) is 12.9. The van der Waals surface area contributed by atoms with Crippen molar-refractivity contribution >= 4 is 0 Å². The first kappa shape index (κ1) is 12.2. The first-order chi connectivity index (χ1) is 9.43. The van der Waals surface area contributed by atoms with Crippen molar-refractivity contribution in [3.63, 3.8) is 0 Å². The lowest BCUT2D eigenvalue weighted by Gasteiger charge is -2.24. The number of ether oxygens (including phenoxy) is 1. The Balaban J connectivity index is 1.84. The van der Waals surface area contributed by atoms with Crippen molar-refractivity contribution < 1.29 is 4.74 Å². The fraction of sp³-hybridized carbons (Fsp3) is 0.312. The number of hydrogen-bond acceptors (Lipinski definition) is 3. The average molecular weight is 254 g/mol. The smallest absolute Gasteiger partial charge is 0.223 e. The van der Waals surface area contributed by atoms with E-state index in [-0.39, 0.29) is 0 Å². The van der Waals surface area contributed by atoms with E-state index in [0.717, 1.165) is 24.3 Å². The fourth-order valence-electron chi connectivity index (χ4n) is 2.47. The van der Waals surface area contributed by atoms with E-state index in [1.54, 1.807) is 6.20 Å². The first-order valence-electron chi connectivity index (χ1n) is 6.85. The summed E-state index contributed by atoms with van der Waals surface area (Å²) in [6.45, 7) is 1.07. The standard InChI is InChI=1S/C16H18N2O/c1-2-7-13(8-3-1)19-16-14(9-6-12-18-16)15-10-4-5-11-17-15/h1-3,6-9,12,15,17H,4-5,10-11H2. The van der Waals surface area contributed by atoms with Gasteiger partial charge >= 0.3 is 0 Å². The second kappa shape index (κ2) is 5.85. The molecule has 0 bridgehead atoms. The quantitative estimate of drug-likeness (QED) is 0.907. The summed E-state index contributed by atoms with van der Waals surface area (Å²) < 4.78 is 5.91.